The number of carbonyl (C=O) groups excluding carboxylic acids is 1. The number of nitrogens with zero attached hydrogens (tertiary/aromatic N) is 3. The minimum atomic E-state index is -0.813. The molecule has 6 heteroatoms. The Morgan fingerprint density at radius 3 is 2.48 bits per heavy atom. The fourth-order valence-electron chi connectivity index (χ4n) is 3.60. The molecule has 0 radical (unpaired) electrons. The Balaban J connectivity index is 2.03. The molecule has 0 saturated heterocycles. The summed E-state index contributed by atoms with van der Waals surface area (Å²) in [6.07, 6.45) is 3.39. The molecule has 0 atom stereocenters. The van der Waals surface area contributed by atoms with E-state index in [-0.39, 0.29) is 29.7 Å². The van der Waals surface area contributed by atoms with Gasteiger partial charge in [0.25, 0.3) is 11.5 Å². The number of amides is 1. The number of aromatic nitrogens is 2. The summed E-state index contributed by atoms with van der Waals surface area (Å²) in [6.45, 7) is 4.01. The van der Waals surface area contributed by atoms with Crippen LogP contribution in [0.25, 0.3) is 10.8 Å². The summed E-state index contributed by atoms with van der Waals surface area (Å²) in [5, 5.41) is 16.0. The quantitative estimate of drug-likeness (QED) is 0.925. The number of hydrogen-bond acceptors (Lipinski definition) is 4. The molecule has 0 bridgehead atoms. The molecule has 2 aromatic rings. The minimum absolute atomic E-state index is 0.145. The van der Waals surface area contributed by atoms with Gasteiger partial charge in [-0.15, -0.1) is 0 Å². The lowest BCUT2D eigenvalue weighted by Crippen LogP contribution is -2.43. The Morgan fingerprint density at radius 1 is 1.28 bits per heavy atom. The van der Waals surface area contributed by atoms with Crippen LogP contribution in [0.2, 0.25) is 0 Å². The molecule has 1 aromatic heterocycles. The average molecular weight is 343 g/mol. The van der Waals surface area contributed by atoms with Crippen LogP contribution in [0.3, 0.4) is 0 Å². The maximum absolute atomic E-state index is 13.0. The largest absolute Gasteiger partial charge is 0.388 e. The summed E-state index contributed by atoms with van der Waals surface area (Å²) in [4.78, 5) is 27.1. The van der Waals surface area contributed by atoms with Crippen LogP contribution in [-0.4, -0.2) is 44.9 Å². The van der Waals surface area contributed by atoms with E-state index in [1.54, 1.807) is 31.3 Å². The summed E-state index contributed by atoms with van der Waals surface area (Å²) in [5.41, 5.74) is -0.751. The van der Waals surface area contributed by atoms with Crippen LogP contribution in [-0.2, 0) is 0 Å². The van der Waals surface area contributed by atoms with Crippen molar-refractivity contribution in [1.29, 1.82) is 0 Å². The highest BCUT2D eigenvalue weighted by atomic mass is 16.3. The van der Waals surface area contributed by atoms with Crippen LogP contribution in [0.5, 0.6) is 0 Å². The summed E-state index contributed by atoms with van der Waals surface area (Å²) in [5.74, 6) is -0.272. The molecule has 1 aromatic carbocycles. The van der Waals surface area contributed by atoms with Gasteiger partial charge in [0, 0.05) is 19.0 Å². The summed E-state index contributed by atoms with van der Waals surface area (Å²) in [7, 11) is 1.68. The highest BCUT2D eigenvalue weighted by Gasteiger charge is 2.34. The number of hydrogen-bond donors (Lipinski definition) is 1. The zero-order chi connectivity index (χ0) is 18.2. The smallest absolute Gasteiger partial charge is 0.274 e. The minimum Gasteiger partial charge on any atom is -0.388 e. The summed E-state index contributed by atoms with van der Waals surface area (Å²) >= 11 is 0. The molecule has 1 fully saturated rings. The van der Waals surface area contributed by atoms with E-state index in [9.17, 15) is 14.7 Å². The topological polar surface area (TPSA) is 75.4 Å². The van der Waals surface area contributed by atoms with Gasteiger partial charge in [0.1, 0.15) is 0 Å². The van der Waals surface area contributed by atoms with Gasteiger partial charge in [-0.3, -0.25) is 9.59 Å². The van der Waals surface area contributed by atoms with E-state index >= 15 is 0 Å². The second kappa shape index (κ2) is 6.59. The van der Waals surface area contributed by atoms with Gasteiger partial charge in [-0.2, -0.15) is 5.10 Å². The second-order valence-corrected chi connectivity index (χ2v) is 7.33. The molecule has 0 unspecified atom stereocenters. The zero-order valence-corrected chi connectivity index (χ0v) is 15.0. The monoisotopic (exact) mass is 343 g/mol. The van der Waals surface area contributed by atoms with Crippen LogP contribution < -0.4 is 5.56 Å². The van der Waals surface area contributed by atoms with Crippen molar-refractivity contribution < 1.29 is 9.90 Å². The predicted octanol–water partition coefficient (Wildman–Crippen LogP) is 2.35. The maximum atomic E-state index is 13.0. The highest BCUT2D eigenvalue weighted by Crippen LogP contribution is 2.30. The first-order valence-corrected chi connectivity index (χ1v) is 8.82. The predicted molar refractivity (Wildman–Crippen MR) is 96.8 cm³/mol. The van der Waals surface area contributed by atoms with Crippen LogP contribution in [0.4, 0.5) is 0 Å². The second-order valence-electron chi connectivity index (χ2n) is 7.33. The van der Waals surface area contributed by atoms with Crippen LogP contribution in [0.1, 0.15) is 56.1 Å². The normalized spacial score (nSPS) is 16.5. The number of benzene rings is 1. The molecule has 1 saturated carbocycles. The van der Waals surface area contributed by atoms with Gasteiger partial charge < -0.3 is 10.0 Å². The molecule has 0 spiro atoms. The fourth-order valence-corrected chi connectivity index (χ4v) is 3.60. The lowest BCUT2D eigenvalue weighted by Gasteiger charge is -2.28. The number of aliphatic hydroxyl groups is 1. The third-order valence-corrected chi connectivity index (χ3v) is 4.93. The highest BCUT2D eigenvalue weighted by molar-refractivity contribution is 6.04. The van der Waals surface area contributed by atoms with Crippen molar-refractivity contribution in [2.45, 2.75) is 51.2 Å². The van der Waals surface area contributed by atoms with Gasteiger partial charge >= 0.3 is 0 Å². The Labute approximate surface area is 147 Å². The standard InChI is InChI=1S/C19H25N3O3/c1-13(2)22-17(23)15-9-5-4-8-14(15)16(20-22)18(24)21(3)12-19(25)10-6-7-11-19/h4-5,8-9,13,25H,6-7,10-12H2,1-3H3. The van der Waals surface area contributed by atoms with E-state index in [1.807, 2.05) is 13.8 Å². The lowest BCUT2D eigenvalue weighted by molar-refractivity contribution is 0.0154. The number of fused-ring (bicyclic) bond motifs is 1. The molecule has 3 rings (SSSR count). The third-order valence-electron chi connectivity index (χ3n) is 4.93. The fraction of sp³-hybridized carbons (Fsp3) is 0.526. The van der Waals surface area contributed by atoms with E-state index in [1.165, 1.54) is 9.58 Å². The Bertz CT molecular complexity index is 851. The molecule has 1 heterocycles. The molecule has 1 amide bonds. The molecular weight excluding hydrogens is 318 g/mol. The maximum Gasteiger partial charge on any atom is 0.274 e. The number of rotatable bonds is 4. The molecule has 134 valence electrons. The van der Waals surface area contributed by atoms with Gasteiger partial charge in [0.05, 0.1) is 17.0 Å². The van der Waals surface area contributed by atoms with E-state index < -0.39 is 5.60 Å². The third kappa shape index (κ3) is 3.31. The van der Waals surface area contributed by atoms with Crippen molar-refractivity contribution in [2.75, 3.05) is 13.6 Å². The van der Waals surface area contributed by atoms with Gasteiger partial charge in [0.15, 0.2) is 5.69 Å². The Hall–Kier alpha value is -2.21. The van der Waals surface area contributed by atoms with Gasteiger partial charge in [-0.05, 0) is 32.8 Å². The van der Waals surface area contributed by atoms with Crippen LogP contribution >= 0.6 is 0 Å². The Morgan fingerprint density at radius 2 is 1.88 bits per heavy atom. The van der Waals surface area contributed by atoms with Crippen molar-refractivity contribution in [1.82, 2.24) is 14.7 Å². The molecule has 6 nitrogen and oxygen atoms in total. The molecular formula is C19H25N3O3. The summed E-state index contributed by atoms with van der Waals surface area (Å²) in [6, 6.07) is 6.91. The lowest BCUT2D eigenvalue weighted by atomic mass is 10.0. The molecule has 0 aliphatic heterocycles. The van der Waals surface area contributed by atoms with E-state index in [2.05, 4.69) is 5.10 Å². The van der Waals surface area contributed by atoms with Crippen molar-refractivity contribution in [3.63, 3.8) is 0 Å². The first-order valence-electron chi connectivity index (χ1n) is 8.82. The molecule has 1 aliphatic rings. The first kappa shape index (κ1) is 17.6. The molecule has 1 aliphatic carbocycles. The average Bonchev–Trinajstić information content (AvgIpc) is 3.00. The van der Waals surface area contributed by atoms with Gasteiger partial charge in [0.2, 0.25) is 0 Å². The summed E-state index contributed by atoms with van der Waals surface area (Å²) < 4.78 is 1.35. The van der Waals surface area contributed by atoms with E-state index in [0.717, 1.165) is 12.8 Å². The van der Waals surface area contributed by atoms with E-state index in [4.69, 9.17) is 0 Å². The Kier molecular flexibility index (Phi) is 4.64. The molecule has 1 N–H and O–H groups in total. The zero-order valence-electron chi connectivity index (χ0n) is 15.0. The molecule has 25 heavy (non-hydrogen) atoms. The van der Waals surface area contributed by atoms with Crippen molar-refractivity contribution in [2.24, 2.45) is 0 Å². The number of carbonyl (C=O) groups is 1. The number of likely N-dealkylation sites (N-methyl/N-ethyl adjacent to an activating group) is 1. The van der Waals surface area contributed by atoms with Gasteiger partial charge in [-0.25, -0.2) is 4.68 Å². The van der Waals surface area contributed by atoms with Crippen molar-refractivity contribution in [3.8, 4) is 0 Å². The van der Waals surface area contributed by atoms with Crippen LogP contribution in [0.15, 0.2) is 29.1 Å². The first-order chi connectivity index (χ1) is 11.8. The van der Waals surface area contributed by atoms with Crippen LogP contribution in [0, 0.1) is 0 Å². The van der Waals surface area contributed by atoms with Crippen molar-refractivity contribution in [3.05, 3.63) is 40.3 Å². The van der Waals surface area contributed by atoms with E-state index in [0.29, 0.717) is 23.6 Å². The van der Waals surface area contributed by atoms with Gasteiger partial charge in [-0.1, -0.05) is 31.0 Å². The van der Waals surface area contributed by atoms with Crippen molar-refractivity contribution >= 4 is 16.7 Å². The SMILES string of the molecule is CC(C)n1nc(C(=O)N(C)CC2(O)CCCC2)c2ccccc2c1=O.